The second kappa shape index (κ2) is 12.8. The van der Waals surface area contributed by atoms with Gasteiger partial charge in [0.1, 0.15) is 6.54 Å². The van der Waals surface area contributed by atoms with Crippen LogP contribution in [-0.2, 0) is 20.9 Å². The Bertz CT molecular complexity index is 2170. The van der Waals surface area contributed by atoms with Crippen molar-refractivity contribution in [1.29, 1.82) is 0 Å². The Kier molecular flexibility index (Phi) is 8.60. The molecule has 5 aromatic rings. The molecular formula is C37H36N4O4S. The van der Waals surface area contributed by atoms with Crippen molar-refractivity contribution in [1.82, 2.24) is 9.13 Å². The lowest BCUT2D eigenvalue weighted by atomic mass is 9.93. The number of allylic oxidation sites excluding steroid dienone is 1. The van der Waals surface area contributed by atoms with Gasteiger partial charge in [-0.3, -0.25) is 19.0 Å². The van der Waals surface area contributed by atoms with Crippen molar-refractivity contribution < 1.29 is 14.3 Å². The van der Waals surface area contributed by atoms with Crippen molar-refractivity contribution in [3.05, 3.63) is 132 Å². The van der Waals surface area contributed by atoms with E-state index in [0.29, 0.717) is 38.8 Å². The molecule has 0 radical (unpaired) electrons. The lowest BCUT2D eigenvalue weighted by Gasteiger charge is -2.25. The van der Waals surface area contributed by atoms with Gasteiger partial charge < -0.3 is 14.6 Å². The standard InChI is InChI=1S/C37H36N4O4S/c1-6-45-32(42)21-40-24(5)29(28-14-10-11-15-30(28)40)20-31-36(44)41-34(26-18-16-25(17-19-26)22(2)3)33(23(4)38-37(41)46-31)35(43)39-27-12-8-7-9-13-27/h7-20,22,34H,6,21H2,1-5H3,(H,39,43)/b31-20-/t34-/m1/s1. The number of esters is 1. The monoisotopic (exact) mass is 632 g/mol. The number of benzene rings is 3. The Morgan fingerprint density at radius 1 is 1.00 bits per heavy atom. The van der Waals surface area contributed by atoms with E-state index >= 15 is 0 Å². The van der Waals surface area contributed by atoms with Crippen LogP contribution in [0.2, 0.25) is 0 Å². The van der Waals surface area contributed by atoms with Gasteiger partial charge in [0, 0.05) is 27.8 Å². The lowest BCUT2D eigenvalue weighted by Crippen LogP contribution is -2.40. The molecule has 0 spiro atoms. The summed E-state index contributed by atoms with van der Waals surface area (Å²) in [5, 5.41) is 3.93. The predicted molar refractivity (Wildman–Crippen MR) is 183 cm³/mol. The molecule has 46 heavy (non-hydrogen) atoms. The summed E-state index contributed by atoms with van der Waals surface area (Å²) in [5.41, 5.74) is 5.97. The Labute approximate surface area is 271 Å². The third-order valence-corrected chi connectivity index (χ3v) is 9.35. The maximum Gasteiger partial charge on any atom is 0.325 e. The zero-order chi connectivity index (χ0) is 32.5. The molecule has 1 N–H and O–H groups in total. The van der Waals surface area contributed by atoms with Crippen molar-refractivity contribution in [2.45, 2.75) is 53.1 Å². The average Bonchev–Trinajstić information content (AvgIpc) is 3.49. The van der Waals surface area contributed by atoms with Crippen LogP contribution in [0.4, 0.5) is 5.69 Å². The number of rotatable bonds is 8. The molecule has 2 aromatic heterocycles. The Morgan fingerprint density at radius 2 is 1.70 bits per heavy atom. The van der Waals surface area contributed by atoms with Crippen LogP contribution in [0.25, 0.3) is 17.0 Å². The van der Waals surface area contributed by atoms with E-state index < -0.39 is 6.04 Å². The number of ether oxygens (including phenoxy) is 1. The van der Waals surface area contributed by atoms with Crippen molar-refractivity contribution in [2.75, 3.05) is 11.9 Å². The van der Waals surface area contributed by atoms with E-state index in [1.54, 1.807) is 11.5 Å². The summed E-state index contributed by atoms with van der Waals surface area (Å²) < 4.78 is 9.28. The van der Waals surface area contributed by atoms with E-state index in [1.165, 1.54) is 16.9 Å². The molecule has 0 saturated carbocycles. The number of hydrogen-bond donors (Lipinski definition) is 1. The second-order valence-electron chi connectivity index (χ2n) is 11.6. The molecule has 3 aromatic carbocycles. The van der Waals surface area contributed by atoms with E-state index in [2.05, 4.69) is 31.3 Å². The maximum atomic E-state index is 14.4. The minimum atomic E-state index is -0.672. The van der Waals surface area contributed by atoms with Crippen molar-refractivity contribution in [3.63, 3.8) is 0 Å². The highest BCUT2D eigenvalue weighted by Crippen LogP contribution is 2.32. The van der Waals surface area contributed by atoms with Gasteiger partial charge in [0.15, 0.2) is 4.80 Å². The smallest absolute Gasteiger partial charge is 0.325 e. The van der Waals surface area contributed by atoms with E-state index in [1.807, 2.05) is 91.2 Å². The van der Waals surface area contributed by atoms with E-state index in [4.69, 9.17) is 9.73 Å². The number of anilines is 1. The number of carbonyl (C=O) groups excluding carboxylic acids is 2. The van der Waals surface area contributed by atoms with E-state index in [-0.39, 0.29) is 24.0 Å². The van der Waals surface area contributed by atoms with Gasteiger partial charge in [0.25, 0.3) is 11.5 Å². The largest absolute Gasteiger partial charge is 0.465 e. The summed E-state index contributed by atoms with van der Waals surface area (Å²) in [5.74, 6) is -0.293. The fourth-order valence-electron chi connectivity index (χ4n) is 6.02. The normalized spacial score (nSPS) is 14.8. The summed E-state index contributed by atoms with van der Waals surface area (Å²) in [6.45, 7) is 10.2. The molecule has 8 nitrogen and oxygen atoms in total. The van der Waals surface area contributed by atoms with Crippen LogP contribution in [0.15, 0.2) is 99.9 Å². The molecule has 1 atom stereocenters. The lowest BCUT2D eigenvalue weighted by molar-refractivity contribution is -0.143. The van der Waals surface area contributed by atoms with Crippen LogP contribution >= 0.6 is 11.3 Å². The van der Waals surface area contributed by atoms with E-state index in [0.717, 1.165) is 27.7 Å². The molecular weight excluding hydrogens is 596 g/mol. The molecule has 234 valence electrons. The van der Waals surface area contributed by atoms with Crippen LogP contribution in [0.3, 0.4) is 0 Å². The SMILES string of the molecule is CCOC(=O)Cn1c(C)c(/C=c2\sc3n(c2=O)[C@H](c2ccc(C(C)C)cc2)C(C(=O)Nc2ccccc2)=C(C)N=3)c2ccccc21. The van der Waals surface area contributed by atoms with Gasteiger partial charge >= 0.3 is 5.97 Å². The molecule has 0 fully saturated rings. The summed E-state index contributed by atoms with van der Waals surface area (Å²) in [6, 6.07) is 24.5. The average molecular weight is 633 g/mol. The first-order valence-electron chi connectivity index (χ1n) is 15.4. The quantitative estimate of drug-likeness (QED) is 0.218. The van der Waals surface area contributed by atoms with Crippen molar-refractivity contribution in [2.24, 2.45) is 4.99 Å². The number of aromatic nitrogens is 2. The molecule has 6 rings (SSSR count). The third-order valence-electron chi connectivity index (χ3n) is 8.36. The van der Waals surface area contributed by atoms with Gasteiger partial charge in [-0.05, 0) is 62.1 Å². The molecule has 0 aliphatic carbocycles. The zero-order valence-electron chi connectivity index (χ0n) is 26.5. The molecule has 0 unspecified atom stereocenters. The molecule has 0 saturated heterocycles. The van der Waals surface area contributed by atoms with Crippen LogP contribution in [0, 0.1) is 6.92 Å². The van der Waals surface area contributed by atoms with Gasteiger partial charge in [0.2, 0.25) is 0 Å². The van der Waals surface area contributed by atoms with Gasteiger partial charge in [-0.2, -0.15) is 0 Å². The van der Waals surface area contributed by atoms with E-state index in [9.17, 15) is 14.4 Å². The Morgan fingerprint density at radius 3 is 2.39 bits per heavy atom. The first kappa shape index (κ1) is 31.0. The third kappa shape index (κ3) is 5.74. The van der Waals surface area contributed by atoms with Gasteiger partial charge in [0.05, 0.1) is 28.5 Å². The summed E-state index contributed by atoms with van der Waals surface area (Å²) in [7, 11) is 0. The predicted octanol–water partition coefficient (Wildman–Crippen LogP) is 5.82. The summed E-state index contributed by atoms with van der Waals surface area (Å²) in [6.07, 6.45) is 1.88. The fraction of sp³-hybridized carbons (Fsp3) is 0.243. The second-order valence-corrected chi connectivity index (χ2v) is 12.6. The van der Waals surface area contributed by atoms with Crippen LogP contribution in [-0.4, -0.2) is 27.6 Å². The Hall–Kier alpha value is -5.02. The molecule has 3 heterocycles. The van der Waals surface area contributed by atoms with Gasteiger partial charge in [-0.25, -0.2) is 4.99 Å². The fourth-order valence-corrected chi connectivity index (χ4v) is 7.05. The first-order chi connectivity index (χ1) is 22.2. The number of para-hydroxylation sites is 2. The summed E-state index contributed by atoms with van der Waals surface area (Å²) >= 11 is 1.29. The highest BCUT2D eigenvalue weighted by molar-refractivity contribution is 7.07. The summed E-state index contributed by atoms with van der Waals surface area (Å²) in [4.78, 5) is 46.1. The molecule has 9 heteroatoms. The number of nitrogens with zero attached hydrogens (tertiary/aromatic N) is 3. The number of thiazole rings is 1. The van der Waals surface area contributed by atoms with Gasteiger partial charge in [-0.15, -0.1) is 0 Å². The molecule has 0 bridgehead atoms. The number of nitrogens with one attached hydrogen (secondary N) is 1. The minimum absolute atomic E-state index is 0.0702. The molecule has 1 amide bonds. The number of amides is 1. The maximum absolute atomic E-state index is 14.4. The zero-order valence-corrected chi connectivity index (χ0v) is 27.4. The number of hydrogen-bond acceptors (Lipinski definition) is 6. The Balaban J connectivity index is 1.52. The van der Waals surface area contributed by atoms with Crippen LogP contribution in [0.1, 0.15) is 62.0 Å². The number of fused-ring (bicyclic) bond motifs is 2. The van der Waals surface area contributed by atoms with Crippen LogP contribution in [0.5, 0.6) is 0 Å². The minimum Gasteiger partial charge on any atom is -0.465 e. The van der Waals surface area contributed by atoms with Crippen LogP contribution < -0.4 is 20.2 Å². The van der Waals surface area contributed by atoms with Crippen molar-refractivity contribution >= 4 is 45.9 Å². The highest BCUT2D eigenvalue weighted by Gasteiger charge is 2.32. The number of carbonyl (C=O) groups is 2. The first-order valence-corrected chi connectivity index (χ1v) is 16.2. The highest BCUT2D eigenvalue weighted by atomic mass is 32.1. The molecule has 1 aliphatic heterocycles. The van der Waals surface area contributed by atoms with Crippen molar-refractivity contribution in [3.8, 4) is 0 Å². The van der Waals surface area contributed by atoms with Gasteiger partial charge in [-0.1, -0.05) is 85.8 Å². The molecule has 1 aliphatic rings. The topological polar surface area (TPSA) is 94.7 Å².